The predicted molar refractivity (Wildman–Crippen MR) is 124 cm³/mol. The maximum atomic E-state index is 6.47. The number of ether oxygens (including phenoxy) is 3. The van der Waals surface area contributed by atoms with Crippen molar-refractivity contribution in [3.8, 4) is 17.2 Å². The van der Waals surface area contributed by atoms with Crippen molar-refractivity contribution >= 4 is 27.5 Å². The molecule has 0 unspecified atom stereocenters. The van der Waals surface area contributed by atoms with Crippen LogP contribution >= 0.6 is 27.5 Å². The molecule has 2 aromatic rings. The summed E-state index contributed by atoms with van der Waals surface area (Å²) in [7, 11) is 0. The second-order valence-electron chi connectivity index (χ2n) is 8.01. The molecule has 2 aliphatic heterocycles. The number of benzene rings is 2. The van der Waals surface area contributed by atoms with Crippen LogP contribution in [0.25, 0.3) is 0 Å². The van der Waals surface area contributed by atoms with E-state index >= 15 is 0 Å². The lowest BCUT2D eigenvalue weighted by Crippen LogP contribution is -2.35. The Morgan fingerprint density at radius 1 is 1.07 bits per heavy atom. The first-order valence-corrected chi connectivity index (χ1v) is 12.0. The molecule has 2 heterocycles. The van der Waals surface area contributed by atoms with Crippen LogP contribution in [-0.4, -0.2) is 44.4 Å². The zero-order valence-electron chi connectivity index (χ0n) is 17.5. The minimum atomic E-state index is 0.587. The zero-order valence-corrected chi connectivity index (χ0v) is 19.8. The highest BCUT2D eigenvalue weighted by atomic mass is 79.9. The molecule has 6 heteroatoms. The van der Waals surface area contributed by atoms with Gasteiger partial charge in [-0.05, 0) is 87.0 Å². The van der Waals surface area contributed by atoms with E-state index in [2.05, 4.69) is 33.0 Å². The van der Waals surface area contributed by atoms with E-state index in [1.165, 1.54) is 22.9 Å². The largest absolute Gasteiger partial charge is 0.494 e. The van der Waals surface area contributed by atoms with E-state index in [0.29, 0.717) is 25.7 Å². The molecule has 1 saturated heterocycles. The fourth-order valence-electron chi connectivity index (χ4n) is 4.27. The van der Waals surface area contributed by atoms with Gasteiger partial charge in [-0.15, -0.1) is 0 Å². The van der Waals surface area contributed by atoms with Crippen molar-refractivity contribution in [3.63, 3.8) is 0 Å². The Balaban J connectivity index is 1.28. The zero-order chi connectivity index (χ0) is 20.9. The molecule has 162 valence electrons. The van der Waals surface area contributed by atoms with Crippen molar-refractivity contribution in [3.05, 3.63) is 51.0 Å². The van der Waals surface area contributed by atoms with Crippen molar-refractivity contribution in [2.24, 2.45) is 5.92 Å². The van der Waals surface area contributed by atoms with E-state index in [1.807, 2.05) is 25.1 Å². The molecule has 4 rings (SSSR count). The molecule has 0 aromatic heterocycles. The number of hydrogen-bond acceptors (Lipinski definition) is 4. The average Bonchev–Trinajstić information content (AvgIpc) is 2.76. The first-order chi connectivity index (χ1) is 14.6. The van der Waals surface area contributed by atoms with E-state index in [0.717, 1.165) is 60.3 Å². The van der Waals surface area contributed by atoms with Crippen LogP contribution in [0.15, 0.2) is 34.8 Å². The first kappa shape index (κ1) is 21.8. The lowest BCUT2D eigenvalue weighted by Gasteiger charge is -2.32. The van der Waals surface area contributed by atoms with Crippen molar-refractivity contribution in [1.82, 2.24) is 4.90 Å². The van der Waals surface area contributed by atoms with E-state index in [4.69, 9.17) is 25.8 Å². The summed E-state index contributed by atoms with van der Waals surface area (Å²) >= 11 is 10.2. The normalized spacial score (nSPS) is 17.2. The topological polar surface area (TPSA) is 30.9 Å². The van der Waals surface area contributed by atoms with Crippen LogP contribution in [0.1, 0.15) is 30.9 Å². The summed E-state index contributed by atoms with van der Waals surface area (Å²) in [5, 5.41) is 0.771. The monoisotopic (exact) mass is 493 g/mol. The van der Waals surface area contributed by atoms with Gasteiger partial charge in [0, 0.05) is 22.1 Å². The van der Waals surface area contributed by atoms with Gasteiger partial charge in [0.15, 0.2) is 11.5 Å². The van der Waals surface area contributed by atoms with Crippen LogP contribution < -0.4 is 14.2 Å². The second-order valence-corrected chi connectivity index (χ2v) is 9.27. The fourth-order valence-corrected chi connectivity index (χ4v) is 4.92. The number of nitrogens with zero attached hydrogens (tertiary/aromatic N) is 1. The van der Waals surface area contributed by atoms with E-state index in [-0.39, 0.29) is 0 Å². The average molecular weight is 495 g/mol. The van der Waals surface area contributed by atoms with Crippen molar-refractivity contribution in [1.29, 1.82) is 0 Å². The van der Waals surface area contributed by atoms with E-state index in [1.54, 1.807) is 0 Å². The number of likely N-dealkylation sites (tertiary alicyclic amines) is 1. The van der Waals surface area contributed by atoms with Gasteiger partial charge < -0.3 is 19.1 Å². The Bertz CT molecular complexity index is 868. The third-order valence-corrected chi connectivity index (χ3v) is 7.08. The molecule has 0 bridgehead atoms. The second kappa shape index (κ2) is 10.3. The third kappa shape index (κ3) is 5.43. The Hall–Kier alpha value is -1.43. The molecule has 0 aliphatic carbocycles. The molecule has 0 radical (unpaired) electrons. The van der Waals surface area contributed by atoms with Crippen LogP contribution in [0.2, 0.25) is 5.02 Å². The van der Waals surface area contributed by atoms with Gasteiger partial charge in [0.25, 0.3) is 0 Å². The van der Waals surface area contributed by atoms with Gasteiger partial charge in [0.2, 0.25) is 0 Å². The summed E-state index contributed by atoms with van der Waals surface area (Å²) in [6.45, 7) is 7.21. The molecular weight excluding hydrogens is 466 g/mol. The Kier molecular flexibility index (Phi) is 7.45. The highest BCUT2D eigenvalue weighted by Gasteiger charge is 2.21. The molecule has 0 amide bonds. The number of piperidine rings is 1. The molecule has 2 aromatic carbocycles. The van der Waals surface area contributed by atoms with Gasteiger partial charge in [0.1, 0.15) is 19.0 Å². The van der Waals surface area contributed by atoms with Crippen molar-refractivity contribution < 1.29 is 14.2 Å². The standard InChI is InChI=1S/C24H29BrClNO3/c1-2-28-20-3-4-21(25)19(14-20)13-17-5-8-27(9-6-17)10-7-18-15-23-24(16-22(18)26)30-12-11-29-23/h3-4,14-17H,2,5-13H2,1H3. The molecule has 0 N–H and O–H groups in total. The van der Waals surface area contributed by atoms with E-state index < -0.39 is 0 Å². The van der Waals surface area contributed by atoms with Crippen LogP contribution in [-0.2, 0) is 12.8 Å². The summed E-state index contributed by atoms with van der Waals surface area (Å²) in [6.07, 6.45) is 4.48. The van der Waals surface area contributed by atoms with Crippen LogP contribution in [0.5, 0.6) is 17.2 Å². The van der Waals surface area contributed by atoms with Crippen LogP contribution in [0.3, 0.4) is 0 Å². The lowest BCUT2D eigenvalue weighted by atomic mass is 9.90. The van der Waals surface area contributed by atoms with Gasteiger partial charge >= 0.3 is 0 Å². The summed E-state index contributed by atoms with van der Waals surface area (Å²) < 4.78 is 18.2. The molecule has 4 nitrogen and oxygen atoms in total. The van der Waals surface area contributed by atoms with Crippen molar-refractivity contribution in [2.75, 3.05) is 39.5 Å². The van der Waals surface area contributed by atoms with Crippen LogP contribution in [0, 0.1) is 5.92 Å². The number of hydrogen-bond donors (Lipinski definition) is 0. The quantitative estimate of drug-likeness (QED) is 0.489. The van der Waals surface area contributed by atoms with Gasteiger partial charge in [-0.25, -0.2) is 0 Å². The maximum Gasteiger partial charge on any atom is 0.162 e. The number of halogens is 2. The first-order valence-electron chi connectivity index (χ1n) is 10.8. The molecule has 0 atom stereocenters. The third-order valence-electron chi connectivity index (χ3n) is 5.95. The Morgan fingerprint density at radius 2 is 1.80 bits per heavy atom. The maximum absolute atomic E-state index is 6.47. The smallest absolute Gasteiger partial charge is 0.162 e. The van der Waals surface area contributed by atoms with Gasteiger partial charge in [-0.3, -0.25) is 0 Å². The van der Waals surface area contributed by atoms with Gasteiger partial charge in [-0.2, -0.15) is 0 Å². The summed E-state index contributed by atoms with van der Waals surface area (Å²) in [5.74, 6) is 3.26. The molecular formula is C24H29BrClNO3. The molecule has 1 fully saturated rings. The minimum absolute atomic E-state index is 0.587. The Labute approximate surface area is 192 Å². The highest BCUT2D eigenvalue weighted by molar-refractivity contribution is 9.10. The number of rotatable bonds is 7. The minimum Gasteiger partial charge on any atom is -0.494 e. The highest BCUT2D eigenvalue weighted by Crippen LogP contribution is 2.36. The molecule has 0 saturated carbocycles. The fraction of sp³-hybridized carbons (Fsp3) is 0.500. The van der Waals surface area contributed by atoms with Crippen molar-refractivity contribution in [2.45, 2.75) is 32.6 Å². The van der Waals surface area contributed by atoms with E-state index in [9.17, 15) is 0 Å². The van der Waals surface area contributed by atoms with Crippen LogP contribution in [0.4, 0.5) is 0 Å². The Morgan fingerprint density at radius 3 is 2.53 bits per heavy atom. The molecule has 30 heavy (non-hydrogen) atoms. The number of fused-ring (bicyclic) bond motifs is 1. The summed E-state index contributed by atoms with van der Waals surface area (Å²) in [4.78, 5) is 2.55. The van der Waals surface area contributed by atoms with Gasteiger partial charge in [0.05, 0.1) is 6.61 Å². The predicted octanol–water partition coefficient (Wildman–Crippen LogP) is 5.77. The molecule has 0 spiro atoms. The summed E-state index contributed by atoms with van der Waals surface area (Å²) in [5.41, 5.74) is 2.49. The lowest BCUT2D eigenvalue weighted by molar-refractivity contribution is 0.171. The van der Waals surface area contributed by atoms with Gasteiger partial charge in [-0.1, -0.05) is 27.5 Å². The molecule has 2 aliphatic rings. The SMILES string of the molecule is CCOc1ccc(Br)c(CC2CCN(CCc3cc4c(cc3Cl)OCCO4)CC2)c1. The summed E-state index contributed by atoms with van der Waals surface area (Å²) in [6, 6.07) is 10.3.